The molecule has 3 heteroatoms. The van der Waals surface area contributed by atoms with Gasteiger partial charge in [0.25, 0.3) is 0 Å². The average Bonchev–Trinajstić information content (AvgIpc) is 2.41. The predicted octanol–water partition coefficient (Wildman–Crippen LogP) is 5.35. The quantitative estimate of drug-likeness (QED) is 0.607. The fourth-order valence-corrected chi connectivity index (χ4v) is 3.97. The van der Waals surface area contributed by atoms with Crippen LogP contribution in [-0.4, -0.2) is 18.3 Å². The minimum absolute atomic E-state index is 0.608. The summed E-state index contributed by atoms with van der Waals surface area (Å²) in [4.78, 5) is 1.34. The Morgan fingerprint density at radius 2 is 1.95 bits per heavy atom. The van der Waals surface area contributed by atoms with E-state index in [2.05, 4.69) is 66.3 Å². The maximum absolute atomic E-state index is 3.71. The smallest absolute Gasteiger partial charge is 0.0311 e. The number of hydrogen-bond donors (Lipinski definition) is 1. The summed E-state index contributed by atoms with van der Waals surface area (Å²) in [6, 6.07) is 9.09. The van der Waals surface area contributed by atoms with Crippen LogP contribution in [0.5, 0.6) is 0 Å². The predicted molar refractivity (Wildman–Crippen MR) is 91.0 cm³/mol. The van der Waals surface area contributed by atoms with Crippen molar-refractivity contribution in [2.45, 2.75) is 51.0 Å². The average molecular weight is 344 g/mol. The maximum Gasteiger partial charge on any atom is 0.0311 e. The first-order valence-electron chi connectivity index (χ1n) is 7.29. The molecule has 1 nitrogen and oxygen atoms in total. The van der Waals surface area contributed by atoms with E-state index in [1.54, 1.807) is 0 Å². The van der Waals surface area contributed by atoms with Crippen LogP contribution in [0.1, 0.15) is 40.0 Å². The molecule has 2 atom stereocenters. The van der Waals surface area contributed by atoms with Crippen LogP contribution in [0.25, 0.3) is 0 Å². The summed E-state index contributed by atoms with van der Waals surface area (Å²) in [6.45, 7) is 8.00. The second-order valence-corrected chi connectivity index (χ2v) is 6.98. The van der Waals surface area contributed by atoms with Crippen molar-refractivity contribution in [2.24, 2.45) is 5.92 Å². The van der Waals surface area contributed by atoms with E-state index in [1.807, 2.05) is 11.8 Å². The Kier molecular flexibility index (Phi) is 8.84. The van der Waals surface area contributed by atoms with E-state index in [9.17, 15) is 0 Å². The minimum Gasteiger partial charge on any atom is -0.313 e. The topological polar surface area (TPSA) is 12.0 Å². The lowest BCUT2D eigenvalue weighted by Crippen LogP contribution is -2.37. The summed E-state index contributed by atoms with van der Waals surface area (Å²) < 4.78 is 1.21. The van der Waals surface area contributed by atoms with Crippen molar-refractivity contribution in [3.63, 3.8) is 0 Å². The molecule has 0 aliphatic carbocycles. The van der Waals surface area contributed by atoms with Gasteiger partial charge in [-0.15, -0.1) is 11.8 Å². The molecule has 1 rings (SSSR count). The van der Waals surface area contributed by atoms with Crippen LogP contribution < -0.4 is 5.32 Å². The molecule has 0 bridgehead atoms. The third kappa shape index (κ3) is 6.33. The molecule has 0 aliphatic heterocycles. The molecule has 108 valence electrons. The highest BCUT2D eigenvalue weighted by Gasteiger charge is 2.16. The molecule has 0 saturated carbocycles. The van der Waals surface area contributed by atoms with Gasteiger partial charge in [-0.1, -0.05) is 39.3 Å². The highest BCUT2D eigenvalue weighted by atomic mass is 79.9. The van der Waals surface area contributed by atoms with Gasteiger partial charge in [0.05, 0.1) is 0 Å². The number of halogens is 1. The molecule has 0 aromatic heterocycles. The monoisotopic (exact) mass is 343 g/mol. The van der Waals surface area contributed by atoms with E-state index in [0.29, 0.717) is 6.04 Å². The van der Waals surface area contributed by atoms with Gasteiger partial charge in [0.1, 0.15) is 0 Å². The summed E-state index contributed by atoms with van der Waals surface area (Å²) in [5, 5.41) is 3.71. The molecule has 0 amide bonds. The van der Waals surface area contributed by atoms with Crippen LogP contribution >= 0.6 is 27.7 Å². The Morgan fingerprint density at radius 3 is 2.58 bits per heavy atom. The highest BCUT2D eigenvalue weighted by molar-refractivity contribution is 9.10. The summed E-state index contributed by atoms with van der Waals surface area (Å²) in [5.41, 5.74) is 0. The Labute approximate surface area is 131 Å². The largest absolute Gasteiger partial charge is 0.313 e. The Balaban J connectivity index is 2.54. The van der Waals surface area contributed by atoms with Crippen LogP contribution in [0.2, 0.25) is 0 Å². The first-order valence-corrected chi connectivity index (χ1v) is 9.07. The van der Waals surface area contributed by atoms with Crippen LogP contribution in [0.3, 0.4) is 0 Å². The third-order valence-corrected chi connectivity index (χ3v) is 5.49. The van der Waals surface area contributed by atoms with Crippen molar-refractivity contribution < 1.29 is 0 Å². The van der Waals surface area contributed by atoms with E-state index in [4.69, 9.17) is 0 Å². The second kappa shape index (κ2) is 9.84. The lowest BCUT2D eigenvalue weighted by molar-refractivity contribution is 0.382. The molecule has 0 spiro atoms. The van der Waals surface area contributed by atoms with Crippen LogP contribution in [-0.2, 0) is 0 Å². The van der Waals surface area contributed by atoms with Gasteiger partial charge in [-0.3, -0.25) is 0 Å². The Bertz CT molecular complexity index is 356. The molecule has 0 radical (unpaired) electrons. The number of hydrogen-bond acceptors (Lipinski definition) is 2. The van der Waals surface area contributed by atoms with Crippen molar-refractivity contribution in [3.8, 4) is 0 Å². The molecule has 1 aromatic rings. The number of thioether (sulfide) groups is 1. The van der Waals surface area contributed by atoms with E-state index in [-0.39, 0.29) is 0 Å². The molecule has 1 aromatic carbocycles. The standard InChI is InChI=1S/C16H26BrNS/c1-4-8-13(3)15(18-11-5-2)12-19-16-10-7-6-9-14(16)17/h6-7,9-10,13,15,18H,4-5,8,11-12H2,1-3H3. The van der Waals surface area contributed by atoms with Crippen LogP contribution in [0.15, 0.2) is 33.6 Å². The van der Waals surface area contributed by atoms with Crippen LogP contribution in [0, 0.1) is 5.92 Å². The van der Waals surface area contributed by atoms with Crippen molar-refractivity contribution in [1.82, 2.24) is 5.32 Å². The zero-order valence-corrected chi connectivity index (χ0v) is 14.7. The Hall–Kier alpha value is 0.01000. The second-order valence-electron chi connectivity index (χ2n) is 5.07. The third-order valence-electron chi connectivity index (χ3n) is 3.34. The highest BCUT2D eigenvalue weighted by Crippen LogP contribution is 2.29. The van der Waals surface area contributed by atoms with Gasteiger partial charge in [0, 0.05) is 21.2 Å². The summed E-state index contributed by atoms with van der Waals surface area (Å²) in [6.07, 6.45) is 3.78. The van der Waals surface area contributed by atoms with Gasteiger partial charge in [-0.05, 0) is 53.4 Å². The van der Waals surface area contributed by atoms with E-state index < -0.39 is 0 Å². The van der Waals surface area contributed by atoms with Gasteiger partial charge >= 0.3 is 0 Å². The lowest BCUT2D eigenvalue weighted by Gasteiger charge is -2.25. The molecule has 2 unspecified atom stereocenters. The normalized spacial score (nSPS) is 14.3. The molecule has 0 heterocycles. The summed E-state index contributed by atoms with van der Waals surface area (Å²) in [5.74, 6) is 1.88. The molecule has 19 heavy (non-hydrogen) atoms. The van der Waals surface area contributed by atoms with Gasteiger partial charge in [0.15, 0.2) is 0 Å². The summed E-state index contributed by atoms with van der Waals surface area (Å²) in [7, 11) is 0. The lowest BCUT2D eigenvalue weighted by atomic mass is 9.98. The first kappa shape index (κ1) is 17.1. The zero-order valence-electron chi connectivity index (χ0n) is 12.3. The van der Waals surface area contributed by atoms with Crippen molar-refractivity contribution in [1.29, 1.82) is 0 Å². The molecular formula is C16H26BrNS. The molecule has 0 fully saturated rings. The SMILES string of the molecule is CCCNC(CSc1ccccc1Br)C(C)CCC. The molecule has 0 aliphatic rings. The van der Waals surface area contributed by atoms with Crippen molar-refractivity contribution in [3.05, 3.63) is 28.7 Å². The van der Waals surface area contributed by atoms with Crippen molar-refractivity contribution in [2.75, 3.05) is 12.3 Å². The van der Waals surface area contributed by atoms with E-state index >= 15 is 0 Å². The van der Waals surface area contributed by atoms with Gasteiger partial charge < -0.3 is 5.32 Å². The fraction of sp³-hybridized carbons (Fsp3) is 0.625. The molecule has 1 N–H and O–H groups in total. The zero-order chi connectivity index (χ0) is 14.1. The molecular weight excluding hydrogens is 318 g/mol. The summed E-state index contributed by atoms with van der Waals surface area (Å²) >= 11 is 5.58. The van der Waals surface area contributed by atoms with Gasteiger partial charge in [0.2, 0.25) is 0 Å². The minimum atomic E-state index is 0.608. The number of nitrogens with one attached hydrogen (secondary N) is 1. The van der Waals surface area contributed by atoms with Crippen LogP contribution in [0.4, 0.5) is 0 Å². The van der Waals surface area contributed by atoms with E-state index in [0.717, 1.165) is 18.2 Å². The van der Waals surface area contributed by atoms with Crippen molar-refractivity contribution >= 4 is 27.7 Å². The maximum atomic E-state index is 3.71. The van der Waals surface area contributed by atoms with E-state index in [1.165, 1.54) is 28.6 Å². The van der Waals surface area contributed by atoms with Gasteiger partial charge in [-0.2, -0.15) is 0 Å². The fourth-order valence-electron chi connectivity index (χ4n) is 2.15. The first-order chi connectivity index (χ1) is 9.19. The number of rotatable bonds is 9. The molecule has 0 saturated heterocycles. The number of benzene rings is 1. The van der Waals surface area contributed by atoms with Gasteiger partial charge in [-0.25, -0.2) is 0 Å². The Morgan fingerprint density at radius 1 is 1.21 bits per heavy atom.